The standard InChI is InChI=1S/C36H44F3N3O8S2/c37-36(38,39)24-40-20-26-7-9-27(10-8-26)28-3-1-6-33(17-28)52(47,48)42-15-13-34(14-16-42)19-29(22-50-34)41-21-30(44)23-49-31-4-2-5-32(18-31)51(45,46)35(25-43)11-12-35/h1-10,17-18,29-30,40-41,43-44H,11-16,19-25H2/t29-,30+/m1/s1. The Labute approximate surface area is 302 Å². The molecule has 3 aromatic rings. The van der Waals surface area contributed by atoms with Gasteiger partial charge in [0.05, 0.1) is 39.9 Å². The van der Waals surface area contributed by atoms with Gasteiger partial charge < -0.3 is 30.3 Å². The van der Waals surface area contributed by atoms with Gasteiger partial charge in [-0.15, -0.1) is 0 Å². The molecule has 1 aliphatic carbocycles. The Morgan fingerprint density at radius 2 is 1.62 bits per heavy atom. The van der Waals surface area contributed by atoms with Crippen molar-refractivity contribution in [2.75, 3.05) is 46.0 Å². The fraction of sp³-hybridized carbons (Fsp3) is 0.500. The summed E-state index contributed by atoms with van der Waals surface area (Å²) in [5.74, 6) is 0.304. The molecule has 0 amide bonds. The predicted molar refractivity (Wildman–Crippen MR) is 187 cm³/mol. The van der Waals surface area contributed by atoms with Crippen molar-refractivity contribution in [3.8, 4) is 16.9 Å². The van der Waals surface area contributed by atoms with E-state index in [1.807, 2.05) is 0 Å². The first-order chi connectivity index (χ1) is 24.6. The Bertz CT molecular complexity index is 1920. The topological polar surface area (TPSA) is 154 Å². The average Bonchev–Trinajstić information content (AvgIpc) is 3.86. The van der Waals surface area contributed by atoms with Crippen LogP contribution in [-0.4, -0.2) is 106 Å². The van der Waals surface area contributed by atoms with Crippen LogP contribution in [-0.2, 0) is 31.1 Å². The minimum absolute atomic E-state index is 0.0528. The minimum atomic E-state index is -4.29. The van der Waals surface area contributed by atoms with Crippen molar-refractivity contribution in [3.63, 3.8) is 0 Å². The molecule has 1 spiro atoms. The van der Waals surface area contributed by atoms with Crippen molar-refractivity contribution in [3.05, 3.63) is 78.4 Å². The fourth-order valence-corrected chi connectivity index (χ4v) is 10.1. The van der Waals surface area contributed by atoms with Crippen molar-refractivity contribution in [1.82, 2.24) is 14.9 Å². The first kappa shape index (κ1) is 38.6. The van der Waals surface area contributed by atoms with Crippen LogP contribution in [0.5, 0.6) is 5.75 Å². The lowest BCUT2D eigenvalue weighted by molar-refractivity contribution is -0.125. The van der Waals surface area contributed by atoms with Gasteiger partial charge in [0.25, 0.3) is 0 Å². The number of piperidine rings is 1. The van der Waals surface area contributed by atoms with E-state index in [9.17, 15) is 40.2 Å². The van der Waals surface area contributed by atoms with Crippen LogP contribution in [0.1, 0.15) is 37.7 Å². The van der Waals surface area contributed by atoms with Gasteiger partial charge in [-0.2, -0.15) is 17.5 Å². The Kier molecular flexibility index (Phi) is 11.4. The number of benzene rings is 3. The van der Waals surface area contributed by atoms with Gasteiger partial charge in [0.2, 0.25) is 10.0 Å². The normalized spacial score (nSPS) is 20.9. The summed E-state index contributed by atoms with van der Waals surface area (Å²) in [6.07, 6.45) is -2.67. The number of halogens is 3. The van der Waals surface area contributed by atoms with Crippen molar-refractivity contribution in [2.24, 2.45) is 0 Å². The zero-order valence-corrected chi connectivity index (χ0v) is 30.1. The second-order valence-corrected chi connectivity index (χ2v) is 18.2. The van der Waals surface area contributed by atoms with E-state index in [1.165, 1.54) is 16.4 Å². The molecule has 2 heterocycles. The Hall–Kier alpha value is -3.09. The van der Waals surface area contributed by atoms with E-state index in [4.69, 9.17) is 9.47 Å². The van der Waals surface area contributed by atoms with Crippen molar-refractivity contribution in [1.29, 1.82) is 0 Å². The monoisotopic (exact) mass is 767 g/mol. The van der Waals surface area contributed by atoms with Crippen molar-refractivity contribution >= 4 is 19.9 Å². The van der Waals surface area contributed by atoms with Crippen LogP contribution in [0.2, 0.25) is 0 Å². The van der Waals surface area contributed by atoms with Crippen LogP contribution in [0.15, 0.2) is 82.6 Å². The van der Waals surface area contributed by atoms with Crippen LogP contribution < -0.4 is 15.4 Å². The molecule has 3 fully saturated rings. The Morgan fingerprint density at radius 3 is 2.29 bits per heavy atom. The van der Waals surface area contributed by atoms with Gasteiger partial charge >= 0.3 is 6.18 Å². The second-order valence-electron chi connectivity index (χ2n) is 13.9. The summed E-state index contributed by atoms with van der Waals surface area (Å²) >= 11 is 0. The summed E-state index contributed by atoms with van der Waals surface area (Å²) in [7, 11) is -7.50. The van der Waals surface area contributed by atoms with E-state index >= 15 is 0 Å². The second kappa shape index (κ2) is 15.3. The maximum atomic E-state index is 13.7. The highest BCUT2D eigenvalue weighted by molar-refractivity contribution is 7.93. The number of alkyl halides is 3. The molecule has 284 valence electrons. The predicted octanol–water partition coefficient (Wildman–Crippen LogP) is 3.65. The Balaban J connectivity index is 0.961. The highest BCUT2D eigenvalue weighted by Gasteiger charge is 2.54. The summed E-state index contributed by atoms with van der Waals surface area (Å²) < 4.78 is 103. The molecule has 0 radical (unpaired) electrons. The molecule has 3 aromatic carbocycles. The van der Waals surface area contributed by atoms with Gasteiger partial charge in [-0.05, 0) is 79.1 Å². The Morgan fingerprint density at radius 1 is 0.923 bits per heavy atom. The zero-order chi connectivity index (χ0) is 37.2. The molecule has 0 unspecified atom stereocenters. The van der Waals surface area contributed by atoms with Crippen LogP contribution in [0.3, 0.4) is 0 Å². The zero-order valence-electron chi connectivity index (χ0n) is 28.5. The van der Waals surface area contributed by atoms with E-state index in [2.05, 4.69) is 10.6 Å². The summed E-state index contributed by atoms with van der Waals surface area (Å²) in [4.78, 5) is 0.236. The molecule has 0 aromatic heterocycles. The van der Waals surface area contributed by atoms with Gasteiger partial charge in [-0.1, -0.05) is 42.5 Å². The van der Waals surface area contributed by atoms with Gasteiger partial charge in [-0.25, -0.2) is 16.8 Å². The molecule has 6 rings (SSSR count). The largest absolute Gasteiger partial charge is 0.491 e. The number of rotatable bonds is 15. The van der Waals surface area contributed by atoms with Crippen LogP contribution in [0, 0.1) is 0 Å². The van der Waals surface area contributed by atoms with E-state index < -0.39 is 55.6 Å². The molecule has 1 saturated carbocycles. The summed E-state index contributed by atoms with van der Waals surface area (Å²) in [6.45, 7) is -0.334. The lowest BCUT2D eigenvalue weighted by atomic mass is 9.88. The third-order valence-electron chi connectivity index (χ3n) is 10.1. The smallest absolute Gasteiger partial charge is 0.401 e. The van der Waals surface area contributed by atoms with Crippen LogP contribution >= 0.6 is 0 Å². The summed E-state index contributed by atoms with van der Waals surface area (Å²) in [6, 6.07) is 19.6. The van der Waals surface area contributed by atoms with E-state index in [1.54, 1.807) is 60.7 Å². The number of nitrogens with zero attached hydrogens (tertiary/aromatic N) is 1. The number of aliphatic hydroxyl groups is 2. The average molecular weight is 768 g/mol. The van der Waals surface area contributed by atoms with Gasteiger partial charge in [0.15, 0.2) is 9.84 Å². The molecule has 2 aliphatic heterocycles. The molecule has 16 heteroatoms. The maximum Gasteiger partial charge on any atom is 0.401 e. The van der Waals surface area contributed by atoms with Gasteiger partial charge in [0.1, 0.15) is 18.5 Å². The summed E-state index contributed by atoms with van der Waals surface area (Å²) in [5, 5.41) is 25.8. The number of sulfonamides is 1. The molecule has 2 atom stereocenters. The maximum absolute atomic E-state index is 13.7. The van der Waals surface area contributed by atoms with E-state index in [-0.39, 0.29) is 48.6 Å². The molecule has 11 nitrogen and oxygen atoms in total. The van der Waals surface area contributed by atoms with E-state index in [0.29, 0.717) is 55.6 Å². The number of aliphatic hydroxyl groups excluding tert-OH is 2. The molecular weight excluding hydrogens is 724 g/mol. The highest BCUT2D eigenvalue weighted by atomic mass is 32.2. The molecule has 0 bridgehead atoms. The first-order valence-corrected chi connectivity index (χ1v) is 20.2. The lowest BCUT2D eigenvalue weighted by Gasteiger charge is -2.38. The van der Waals surface area contributed by atoms with E-state index in [0.717, 1.165) is 5.56 Å². The minimum Gasteiger partial charge on any atom is -0.491 e. The van der Waals surface area contributed by atoms with Crippen LogP contribution in [0.25, 0.3) is 11.1 Å². The number of nitrogens with one attached hydrogen (secondary N) is 2. The first-order valence-electron chi connectivity index (χ1n) is 17.2. The van der Waals surface area contributed by atoms with Crippen LogP contribution in [0.4, 0.5) is 13.2 Å². The lowest BCUT2D eigenvalue weighted by Crippen LogP contribution is -2.47. The third-order valence-corrected chi connectivity index (χ3v) is 14.6. The van der Waals surface area contributed by atoms with Crippen molar-refractivity contribution in [2.45, 2.75) is 77.1 Å². The number of hydrogen-bond acceptors (Lipinski definition) is 10. The highest BCUT2D eigenvalue weighted by Crippen LogP contribution is 2.46. The molecule has 52 heavy (non-hydrogen) atoms. The van der Waals surface area contributed by atoms with Crippen molar-refractivity contribution < 1.29 is 49.7 Å². The molecular formula is C36H44F3N3O8S2. The number of hydrogen-bond donors (Lipinski definition) is 4. The molecule has 3 aliphatic rings. The summed E-state index contributed by atoms with van der Waals surface area (Å²) in [5.41, 5.74) is 1.62. The quantitative estimate of drug-likeness (QED) is 0.180. The fourth-order valence-electron chi connectivity index (χ4n) is 6.79. The number of ether oxygens (including phenoxy) is 2. The molecule has 2 saturated heterocycles. The SMILES string of the molecule is O=S(=O)(c1cccc(-c2ccc(CNCC(F)(F)F)cc2)c1)N1CCC2(CC1)C[C@@H](NC[C@H](O)COc1cccc(S(=O)(=O)C3(CO)CC3)c1)CO2. The van der Waals surface area contributed by atoms with Gasteiger partial charge in [-0.3, -0.25) is 0 Å². The third kappa shape index (κ3) is 8.81. The van der Waals surface area contributed by atoms with Gasteiger partial charge in [0, 0.05) is 32.2 Å². The molecule has 4 N–H and O–H groups in total. The number of sulfone groups is 1.